The van der Waals surface area contributed by atoms with E-state index >= 15 is 0 Å². The monoisotopic (exact) mass is 299 g/mol. The average molecular weight is 299 g/mol. The first-order valence-electron chi connectivity index (χ1n) is 8.57. The van der Waals surface area contributed by atoms with E-state index in [0.29, 0.717) is 0 Å². The second kappa shape index (κ2) is 7.75. The van der Waals surface area contributed by atoms with Gasteiger partial charge in [0.1, 0.15) is 0 Å². The molecule has 2 aromatic carbocycles. The second-order valence-electron chi connectivity index (χ2n) is 6.39. The van der Waals surface area contributed by atoms with Crippen molar-refractivity contribution >= 4 is 10.8 Å². The summed E-state index contributed by atoms with van der Waals surface area (Å²) in [7, 11) is 0. The van der Waals surface area contributed by atoms with E-state index in [-0.39, 0.29) is 6.04 Å². The lowest BCUT2D eigenvalue weighted by molar-refractivity contribution is -0.00700. The molecule has 0 aliphatic rings. The lowest BCUT2D eigenvalue weighted by Gasteiger charge is -2.35. The molecule has 120 valence electrons. The lowest BCUT2D eigenvalue weighted by atomic mass is 9.81. The second-order valence-corrected chi connectivity index (χ2v) is 6.39. The molecule has 1 atom stereocenters. The summed E-state index contributed by atoms with van der Waals surface area (Å²) in [5, 5.41) is 13.5. The van der Waals surface area contributed by atoms with Gasteiger partial charge < -0.3 is 10.8 Å². The van der Waals surface area contributed by atoms with Crippen molar-refractivity contribution in [1.29, 1.82) is 0 Å². The molecule has 0 fully saturated rings. The third-order valence-electron chi connectivity index (χ3n) is 4.64. The summed E-state index contributed by atoms with van der Waals surface area (Å²) >= 11 is 0. The zero-order valence-corrected chi connectivity index (χ0v) is 13.9. The van der Waals surface area contributed by atoms with Gasteiger partial charge in [-0.3, -0.25) is 0 Å². The molecule has 0 aromatic heterocycles. The van der Waals surface area contributed by atoms with Gasteiger partial charge in [-0.1, -0.05) is 75.9 Å². The zero-order valence-electron chi connectivity index (χ0n) is 13.9. The van der Waals surface area contributed by atoms with Gasteiger partial charge >= 0.3 is 0 Å². The molecule has 2 nitrogen and oxygen atoms in total. The molecule has 0 heterocycles. The van der Waals surface area contributed by atoms with Crippen LogP contribution in [0.1, 0.15) is 64.0 Å². The number of nitrogens with two attached hydrogens (primary N) is 1. The van der Waals surface area contributed by atoms with Crippen LogP contribution in [0, 0.1) is 0 Å². The van der Waals surface area contributed by atoms with E-state index in [9.17, 15) is 5.11 Å². The summed E-state index contributed by atoms with van der Waals surface area (Å²) in [5.41, 5.74) is 6.73. The molecule has 0 bridgehead atoms. The zero-order chi connectivity index (χ0) is 16.0. The van der Waals surface area contributed by atoms with E-state index in [1.807, 2.05) is 12.1 Å². The smallest absolute Gasteiger partial charge is 0.0839 e. The average Bonchev–Trinajstić information content (AvgIpc) is 2.57. The van der Waals surface area contributed by atoms with Crippen LogP contribution >= 0.6 is 0 Å². The molecule has 2 rings (SSSR count). The van der Waals surface area contributed by atoms with Gasteiger partial charge in [0, 0.05) is 0 Å². The summed E-state index contributed by atoms with van der Waals surface area (Å²) in [6.45, 7) is 4.31. The van der Waals surface area contributed by atoms with Crippen molar-refractivity contribution in [3.63, 3.8) is 0 Å². The van der Waals surface area contributed by atoms with Crippen molar-refractivity contribution < 1.29 is 5.11 Å². The first-order valence-corrected chi connectivity index (χ1v) is 8.57. The summed E-state index contributed by atoms with van der Waals surface area (Å²) in [6.07, 6.45) is 5.75. The fraction of sp³-hybridized carbons (Fsp3) is 0.500. The number of hydrogen-bond donors (Lipinski definition) is 2. The Balaban J connectivity index is 2.28. The maximum Gasteiger partial charge on any atom is 0.0839 e. The Labute approximate surface area is 134 Å². The number of rotatable bonds is 8. The van der Waals surface area contributed by atoms with Crippen LogP contribution in [0.15, 0.2) is 42.5 Å². The highest BCUT2D eigenvalue weighted by molar-refractivity contribution is 5.83. The molecule has 3 N–H and O–H groups in total. The highest BCUT2D eigenvalue weighted by Gasteiger charge is 2.34. The summed E-state index contributed by atoms with van der Waals surface area (Å²) in [6, 6.07) is 14.3. The standard InChI is InChI=1S/C20H29NO/c1-3-5-13-20(22,14-6-4-2)19(21)18-12-11-16-9-7-8-10-17(16)15-18/h7-12,15,19,22H,3-6,13-14,21H2,1-2H3/t19-/m1/s1. The van der Waals surface area contributed by atoms with Gasteiger partial charge in [-0.2, -0.15) is 0 Å². The summed E-state index contributed by atoms with van der Waals surface area (Å²) in [4.78, 5) is 0. The molecule has 0 spiro atoms. The van der Waals surface area contributed by atoms with Gasteiger partial charge in [0.2, 0.25) is 0 Å². The highest BCUT2D eigenvalue weighted by Crippen LogP contribution is 2.34. The third kappa shape index (κ3) is 3.88. The van der Waals surface area contributed by atoms with Crippen LogP contribution in [0.3, 0.4) is 0 Å². The largest absolute Gasteiger partial charge is 0.388 e. The van der Waals surface area contributed by atoms with Crippen molar-refractivity contribution in [3.8, 4) is 0 Å². The fourth-order valence-corrected chi connectivity index (χ4v) is 3.11. The van der Waals surface area contributed by atoms with E-state index in [2.05, 4.69) is 44.2 Å². The van der Waals surface area contributed by atoms with Gasteiger partial charge in [0.15, 0.2) is 0 Å². The van der Waals surface area contributed by atoms with E-state index in [0.717, 1.165) is 44.1 Å². The van der Waals surface area contributed by atoms with Crippen LogP contribution < -0.4 is 5.73 Å². The van der Waals surface area contributed by atoms with Gasteiger partial charge in [0.25, 0.3) is 0 Å². The maximum atomic E-state index is 11.1. The quantitative estimate of drug-likeness (QED) is 0.724. The van der Waals surface area contributed by atoms with Crippen LogP contribution in [0.5, 0.6) is 0 Å². The Morgan fingerprint density at radius 2 is 1.55 bits per heavy atom. The van der Waals surface area contributed by atoms with E-state index in [1.165, 1.54) is 10.8 Å². The minimum Gasteiger partial charge on any atom is -0.388 e. The van der Waals surface area contributed by atoms with Crippen LogP contribution in [0.4, 0.5) is 0 Å². The van der Waals surface area contributed by atoms with E-state index in [4.69, 9.17) is 5.73 Å². The minimum absolute atomic E-state index is 0.324. The molecule has 0 saturated heterocycles. The Hall–Kier alpha value is -1.38. The molecule has 22 heavy (non-hydrogen) atoms. The number of unbranched alkanes of at least 4 members (excludes halogenated alkanes) is 2. The lowest BCUT2D eigenvalue weighted by Crippen LogP contribution is -2.41. The van der Waals surface area contributed by atoms with Crippen molar-refractivity contribution in [2.75, 3.05) is 0 Å². The van der Waals surface area contributed by atoms with Gasteiger partial charge in [0.05, 0.1) is 11.6 Å². The van der Waals surface area contributed by atoms with Crippen LogP contribution in [0.25, 0.3) is 10.8 Å². The SMILES string of the molecule is CCCCC(O)(CCCC)[C@H](N)c1ccc2ccccc2c1. The topological polar surface area (TPSA) is 46.2 Å². The van der Waals surface area contributed by atoms with Crippen molar-refractivity contribution in [2.24, 2.45) is 5.73 Å². The minimum atomic E-state index is -0.797. The maximum absolute atomic E-state index is 11.1. The molecule has 0 radical (unpaired) electrons. The van der Waals surface area contributed by atoms with E-state index < -0.39 is 5.60 Å². The molecule has 0 aliphatic heterocycles. The summed E-state index contributed by atoms with van der Waals surface area (Å²) < 4.78 is 0. The first-order chi connectivity index (χ1) is 10.6. The molecule has 2 heteroatoms. The highest BCUT2D eigenvalue weighted by atomic mass is 16.3. The first kappa shape index (κ1) is 17.0. The molecule has 0 aliphatic carbocycles. The molecule has 0 amide bonds. The Bertz CT molecular complexity index is 585. The molecular weight excluding hydrogens is 270 g/mol. The number of hydrogen-bond acceptors (Lipinski definition) is 2. The number of aliphatic hydroxyl groups is 1. The van der Waals surface area contributed by atoms with Crippen LogP contribution in [-0.4, -0.2) is 10.7 Å². The van der Waals surface area contributed by atoms with Crippen LogP contribution in [-0.2, 0) is 0 Å². The van der Waals surface area contributed by atoms with Crippen molar-refractivity contribution in [1.82, 2.24) is 0 Å². The number of benzene rings is 2. The van der Waals surface area contributed by atoms with Crippen molar-refractivity contribution in [3.05, 3.63) is 48.0 Å². The molecule has 0 unspecified atom stereocenters. The predicted molar refractivity (Wildman–Crippen MR) is 94.9 cm³/mol. The summed E-state index contributed by atoms with van der Waals surface area (Å²) in [5.74, 6) is 0. The van der Waals surface area contributed by atoms with Crippen molar-refractivity contribution in [2.45, 2.75) is 64.0 Å². The fourth-order valence-electron chi connectivity index (χ4n) is 3.11. The van der Waals surface area contributed by atoms with Gasteiger partial charge in [-0.15, -0.1) is 0 Å². The Morgan fingerprint density at radius 3 is 2.14 bits per heavy atom. The molecular formula is C20H29NO. The predicted octanol–water partition coefficient (Wildman–Crippen LogP) is 4.95. The van der Waals surface area contributed by atoms with Gasteiger partial charge in [-0.25, -0.2) is 0 Å². The van der Waals surface area contributed by atoms with Gasteiger partial charge in [-0.05, 0) is 35.2 Å². The normalized spacial score (nSPS) is 13.5. The van der Waals surface area contributed by atoms with E-state index in [1.54, 1.807) is 0 Å². The Morgan fingerprint density at radius 1 is 0.955 bits per heavy atom. The van der Waals surface area contributed by atoms with Crippen LogP contribution in [0.2, 0.25) is 0 Å². The molecule has 0 saturated carbocycles. The Kier molecular flexibility index (Phi) is 5.98. The molecule has 2 aromatic rings. The number of fused-ring (bicyclic) bond motifs is 1. The third-order valence-corrected chi connectivity index (χ3v) is 4.64.